The maximum atomic E-state index is 11.9. The zero-order chi connectivity index (χ0) is 14.8. The Balaban J connectivity index is 1.75. The van der Waals surface area contributed by atoms with E-state index in [9.17, 15) is 4.79 Å². The fourth-order valence-electron chi connectivity index (χ4n) is 2.82. The second-order valence-electron chi connectivity index (χ2n) is 5.65. The summed E-state index contributed by atoms with van der Waals surface area (Å²) in [6, 6.07) is 2.14. The molecule has 2 heterocycles. The summed E-state index contributed by atoms with van der Waals surface area (Å²) in [6.45, 7) is 5.95. The topological polar surface area (TPSA) is 59.6 Å². The van der Waals surface area contributed by atoms with Crippen LogP contribution in [0.25, 0.3) is 0 Å². The van der Waals surface area contributed by atoms with Gasteiger partial charge < -0.3 is 20.1 Å². The van der Waals surface area contributed by atoms with Gasteiger partial charge in [0.25, 0.3) is 0 Å². The molecular formula is C16H22N2O3. The minimum atomic E-state index is -0.132. The van der Waals surface area contributed by atoms with Gasteiger partial charge in [0.2, 0.25) is 0 Å². The number of benzene rings is 1. The third-order valence-corrected chi connectivity index (χ3v) is 4.18. The Hall–Kier alpha value is -1.91. The van der Waals surface area contributed by atoms with Gasteiger partial charge in [-0.15, -0.1) is 0 Å². The lowest BCUT2D eigenvalue weighted by Gasteiger charge is -2.16. The Morgan fingerprint density at radius 1 is 1.33 bits per heavy atom. The largest absolute Gasteiger partial charge is 0.493 e. The first-order valence-electron chi connectivity index (χ1n) is 7.66. The van der Waals surface area contributed by atoms with Crippen molar-refractivity contribution < 1.29 is 14.3 Å². The van der Waals surface area contributed by atoms with Crippen molar-refractivity contribution in [3.8, 4) is 11.5 Å². The zero-order valence-corrected chi connectivity index (χ0v) is 12.6. The average Bonchev–Trinajstić information content (AvgIpc) is 3.11. The molecule has 5 nitrogen and oxygen atoms in total. The van der Waals surface area contributed by atoms with Crippen molar-refractivity contribution in [3.05, 3.63) is 22.8 Å². The number of rotatable bonds is 4. The third kappa shape index (κ3) is 2.77. The van der Waals surface area contributed by atoms with Crippen LogP contribution in [0.5, 0.6) is 11.5 Å². The molecule has 0 saturated carbocycles. The Morgan fingerprint density at radius 2 is 2.14 bits per heavy atom. The van der Waals surface area contributed by atoms with Crippen LogP contribution >= 0.6 is 0 Å². The summed E-state index contributed by atoms with van der Waals surface area (Å²) in [5, 5.41) is 5.85. The molecule has 114 valence electrons. The lowest BCUT2D eigenvalue weighted by Crippen LogP contribution is -2.40. The molecule has 1 unspecified atom stereocenters. The lowest BCUT2D eigenvalue weighted by atomic mass is 9.99. The van der Waals surface area contributed by atoms with E-state index >= 15 is 0 Å². The molecule has 0 aromatic heterocycles. The lowest BCUT2D eigenvalue weighted by molar-refractivity contribution is 0.237. The highest BCUT2D eigenvalue weighted by Gasteiger charge is 2.26. The summed E-state index contributed by atoms with van der Waals surface area (Å²) >= 11 is 0. The SMILES string of the molecule is CCC(C)NC(=O)NCc1c2c(cc3c1OCC3)OCC2. The zero-order valence-electron chi connectivity index (χ0n) is 12.6. The van der Waals surface area contributed by atoms with E-state index in [-0.39, 0.29) is 12.1 Å². The number of ether oxygens (including phenoxy) is 2. The molecule has 3 rings (SSSR count). The summed E-state index contributed by atoms with van der Waals surface area (Å²) in [5.74, 6) is 1.90. The van der Waals surface area contributed by atoms with Gasteiger partial charge in [-0.3, -0.25) is 0 Å². The van der Waals surface area contributed by atoms with Crippen molar-refractivity contribution in [2.45, 2.75) is 45.7 Å². The Kier molecular flexibility index (Phi) is 3.90. The van der Waals surface area contributed by atoms with E-state index in [0.717, 1.165) is 36.3 Å². The van der Waals surface area contributed by atoms with E-state index in [1.54, 1.807) is 0 Å². The van der Waals surface area contributed by atoms with Gasteiger partial charge in [-0.25, -0.2) is 4.79 Å². The third-order valence-electron chi connectivity index (χ3n) is 4.18. The molecule has 1 atom stereocenters. The maximum Gasteiger partial charge on any atom is 0.315 e. The molecule has 0 radical (unpaired) electrons. The van der Waals surface area contributed by atoms with Gasteiger partial charge in [0.1, 0.15) is 11.5 Å². The second-order valence-corrected chi connectivity index (χ2v) is 5.65. The van der Waals surface area contributed by atoms with Crippen molar-refractivity contribution in [1.82, 2.24) is 10.6 Å². The van der Waals surface area contributed by atoms with E-state index in [1.165, 1.54) is 11.1 Å². The number of hydrogen-bond acceptors (Lipinski definition) is 3. The highest BCUT2D eigenvalue weighted by Crippen LogP contribution is 2.40. The van der Waals surface area contributed by atoms with Crippen LogP contribution < -0.4 is 20.1 Å². The summed E-state index contributed by atoms with van der Waals surface area (Å²) in [7, 11) is 0. The van der Waals surface area contributed by atoms with Crippen molar-refractivity contribution in [2.24, 2.45) is 0 Å². The molecular weight excluding hydrogens is 268 g/mol. The minimum absolute atomic E-state index is 0.132. The van der Waals surface area contributed by atoms with Crippen LogP contribution in [0.4, 0.5) is 4.79 Å². The molecule has 21 heavy (non-hydrogen) atoms. The monoisotopic (exact) mass is 290 g/mol. The standard InChI is InChI=1S/C16H22N2O3/c1-3-10(2)18-16(19)17-9-13-12-5-7-20-14(12)8-11-4-6-21-15(11)13/h8,10H,3-7,9H2,1-2H3,(H2,17,18,19). The van der Waals surface area contributed by atoms with E-state index in [1.807, 2.05) is 13.8 Å². The van der Waals surface area contributed by atoms with Gasteiger partial charge in [0, 0.05) is 42.1 Å². The van der Waals surface area contributed by atoms with Gasteiger partial charge in [-0.05, 0) is 19.4 Å². The molecule has 2 aliphatic rings. The summed E-state index contributed by atoms with van der Waals surface area (Å²) < 4.78 is 11.4. The van der Waals surface area contributed by atoms with E-state index in [2.05, 4.69) is 16.7 Å². The average molecular weight is 290 g/mol. The Morgan fingerprint density at radius 3 is 2.95 bits per heavy atom. The number of hydrogen-bond donors (Lipinski definition) is 2. The summed E-state index contributed by atoms with van der Waals surface area (Å²) in [6.07, 6.45) is 2.72. The number of carbonyl (C=O) groups is 1. The number of fused-ring (bicyclic) bond motifs is 2. The first kappa shape index (κ1) is 14.0. The van der Waals surface area contributed by atoms with Gasteiger partial charge in [0.05, 0.1) is 13.2 Å². The van der Waals surface area contributed by atoms with Crippen LogP contribution in [0.2, 0.25) is 0 Å². The molecule has 2 N–H and O–H groups in total. The molecule has 1 aromatic rings. The molecule has 1 aromatic carbocycles. The first-order valence-corrected chi connectivity index (χ1v) is 7.66. The quantitative estimate of drug-likeness (QED) is 0.893. The highest BCUT2D eigenvalue weighted by molar-refractivity contribution is 5.74. The van der Waals surface area contributed by atoms with E-state index < -0.39 is 0 Å². The van der Waals surface area contributed by atoms with Crippen LogP contribution in [0.1, 0.15) is 37.0 Å². The molecule has 0 saturated heterocycles. The second kappa shape index (κ2) is 5.84. The molecule has 5 heteroatoms. The Labute approximate surface area is 125 Å². The van der Waals surface area contributed by atoms with Crippen molar-refractivity contribution in [2.75, 3.05) is 13.2 Å². The van der Waals surface area contributed by atoms with Crippen molar-refractivity contribution >= 4 is 6.03 Å². The molecule has 0 spiro atoms. The maximum absolute atomic E-state index is 11.9. The fraction of sp³-hybridized carbons (Fsp3) is 0.562. The number of urea groups is 1. The molecule has 0 bridgehead atoms. The van der Waals surface area contributed by atoms with Crippen LogP contribution in [0.15, 0.2) is 6.07 Å². The van der Waals surface area contributed by atoms with Crippen LogP contribution in [0.3, 0.4) is 0 Å². The predicted molar refractivity (Wildman–Crippen MR) is 80.0 cm³/mol. The van der Waals surface area contributed by atoms with E-state index in [0.29, 0.717) is 19.8 Å². The Bertz CT molecular complexity index is 525. The molecule has 2 aliphatic heterocycles. The van der Waals surface area contributed by atoms with Crippen molar-refractivity contribution in [1.29, 1.82) is 0 Å². The molecule has 0 fully saturated rings. The van der Waals surface area contributed by atoms with Crippen LogP contribution in [0, 0.1) is 0 Å². The summed E-state index contributed by atoms with van der Waals surface area (Å²) in [5.41, 5.74) is 3.45. The predicted octanol–water partition coefficient (Wildman–Crippen LogP) is 2.15. The number of amides is 2. The number of carbonyl (C=O) groups excluding carboxylic acids is 1. The minimum Gasteiger partial charge on any atom is -0.493 e. The smallest absolute Gasteiger partial charge is 0.315 e. The highest BCUT2D eigenvalue weighted by atomic mass is 16.5. The first-order chi connectivity index (χ1) is 10.2. The van der Waals surface area contributed by atoms with Gasteiger partial charge in [0.15, 0.2) is 0 Å². The number of nitrogens with one attached hydrogen (secondary N) is 2. The van der Waals surface area contributed by atoms with Crippen LogP contribution in [-0.2, 0) is 19.4 Å². The van der Waals surface area contributed by atoms with Gasteiger partial charge >= 0.3 is 6.03 Å². The normalized spacial score (nSPS) is 16.5. The molecule has 2 amide bonds. The van der Waals surface area contributed by atoms with E-state index in [4.69, 9.17) is 9.47 Å². The fourth-order valence-corrected chi connectivity index (χ4v) is 2.82. The summed E-state index contributed by atoms with van der Waals surface area (Å²) in [4.78, 5) is 11.9. The van der Waals surface area contributed by atoms with Crippen molar-refractivity contribution in [3.63, 3.8) is 0 Å². The van der Waals surface area contributed by atoms with Crippen LogP contribution in [-0.4, -0.2) is 25.3 Å². The van der Waals surface area contributed by atoms with Gasteiger partial charge in [-0.1, -0.05) is 6.92 Å². The molecule has 0 aliphatic carbocycles. The van der Waals surface area contributed by atoms with Gasteiger partial charge in [-0.2, -0.15) is 0 Å².